The van der Waals surface area contributed by atoms with Crippen LogP contribution >= 0.6 is 31.9 Å². The molecule has 0 aliphatic heterocycles. The van der Waals surface area contributed by atoms with E-state index in [0.29, 0.717) is 11.3 Å². The van der Waals surface area contributed by atoms with Crippen LogP contribution in [0.15, 0.2) is 19.6 Å². The molecule has 1 N–H and O–H groups in total. The Hall–Kier alpha value is 0.200. The second-order valence-corrected chi connectivity index (χ2v) is 6.81. The molecule has 0 saturated heterocycles. The number of hydrogen-bond donors (Lipinski definition) is 1. The normalized spacial score (nSPS) is 14.1. The maximum atomic E-state index is 5.49. The van der Waals surface area contributed by atoms with E-state index in [4.69, 9.17) is 4.42 Å². The second kappa shape index (κ2) is 5.69. The highest BCUT2D eigenvalue weighted by Crippen LogP contribution is 2.27. The number of furan rings is 1. The topological polar surface area (TPSA) is 25.2 Å². The van der Waals surface area contributed by atoms with Gasteiger partial charge in [-0.2, -0.15) is 0 Å². The van der Waals surface area contributed by atoms with Crippen molar-refractivity contribution in [2.75, 3.05) is 6.54 Å². The molecule has 0 saturated carbocycles. The fourth-order valence-corrected chi connectivity index (χ4v) is 1.86. The summed E-state index contributed by atoms with van der Waals surface area (Å²) in [6.45, 7) is 10.8. The van der Waals surface area contributed by atoms with Crippen LogP contribution in [-0.2, 0) is 6.54 Å². The van der Waals surface area contributed by atoms with Crippen molar-refractivity contribution in [3.8, 4) is 0 Å². The molecule has 1 rings (SSSR count). The van der Waals surface area contributed by atoms with E-state index < -0.39 is 0 Å². The Bertz CT molecular complexity index is 322. The van der Waals surface area contributed by atoms with Crippen LogP contribution in [0.1, 0.15) is 33.5 Å². The first-order valence-electron chi connectivity index (χ1n) is 5.45. The Kier molecular flexibility index (Phi) is 5.08. The van der Waals surface area contributed by atoms with Crippen molar-refractivity contribution in [3.05, 3.63) is 21.0 Å². The van der Waals surface area contributed by atoms with Crippen LogP contribution in [0.3, 0.4) is 0 Å². The molecule has 4 heteroatoms. The number of rotatable bonds is 4. The Balaban J connectivity index is 2.36. The van der Waals surface area contributed by atoms with Crippen molar-refractivity contribution in [3.63, 3.8) is 0 Å². The van der Waals surface area contributed by atoms with Gasteiger partial charge in [0.1, 0.15) is 5.76 Å². The maximum absolute atomic E-state index is 5.49. The Labute approximate surface area is 114 Å². The highest BCUT2D eigenvalue weighted by Gasteiger charge is 2.19. The van der Waals surface area contributed by atoms with Crippen LogP contribution in [0.2, 0.25) is 0 Å². The average Bonchev–Trinajstić information content (AvgIpc) is 2.44. The number of nitrogens with one attached hydrogen (secondary N) is 1. The van der Waals surface area contributed by atoms with E-state index in [9.17, 15) is 0 Å². The molecule has 0 aliphatic rings. The van der Waals surface area contributed by atoms with E-state index in [1.807, 2.05) is 6.07 Å². The van der Waals surface area contributed by atoms with Gasteiger partial charge in [0.05, 0.1) is 11.0 Å². The minimum Gasteiger partial charge on any atom is -0.452 e. The first kappa shape index (κ1) is 14.3. The minimum absolute atomic E-state index is 0.345. The highest BCUT2D eigenvalue weighted by atomic mass is 79.9. The van der Waals surface area contributed by atoms with Gasteiger partial charge in [0.2, 0.25) is 0 Å². The fraction of sp³-hybridized carbons (Fsp3) is 0.667. The van der Waals surface area contributed by atoms with Gasteiger partial charge in [-0.05, 0) is 55.8 Å². The van der Waals surface area contributed by atoms with E-state index in [2.05, 4.69) is 64.9 Å². The zero-order chi connectivity index (χ0) is 12.3. The van der Waals surface area contributed by atoms with Gasteiger partial charge in [-0.15, -0.1) is 0 Å². The Morgan fingerprint density at radius 2 is 2.00 bits per heavy atom. The summed E-state index contributed by atoms with van der Waals surface area (Å²) in [6.07, 6.45) is 0. The van der Waals surface area contributed by atoms with Gasteiger partial charge < -0.3 is 9.73 Å². The van der Waals surface area contributed by atoms with Gasteiger partial charge in [-0.25, -0.2) is 0 Å². The molecular weight excluding hydrogens is 334 g/mol. The molecule has 0 fully saturated rings. The molecule has 1 atom stereocenters. The van der Waals surface area contributed by atoms with Crippen LogP contribution in [-0.4, -0.2) is 6.54 Å². The summed E-state index contributed by atoms with van der Waals surface area (Å²) in [5.74, 6) is 1.58. The van der Waals surface area contributed by atoms with Crippen molar-refractivity contribution in [2.45, 2.75) is 34.2 Å². The highest BCUT2D eigenvalue weighted by molar-refractivity contribution is 9.13. The Morgan fingerprint density at radius 1 is 1.38 bits per heavy atom. The lowest BCUT2D eigenvalue weighted by molar-refractivity contribution is 0.250. The van der Waals surface area contributed by atoms with Gasteiger partial charge in [0.15, 0.2) is 4.67 Å². The second-order valence-electron chi connectivity index (χ2n) is 5.23. The van der Waals surface area contributed by atoms with Crippen LogP contribution in [0.25, 0.3) is 0 Å². The van der Waals surface area contributed by atoms with E-state index in [1.54, 1.807) is 0 Å². The summed E-state index contributed by atoms with van der Waals surface area (Å²) in [5, 5.41) is 3.41. The van der Waals surface area contributed by atoms with Crippen molar-refractivity contribution in [2.24, 2.45) is 11.3 Å². The third-order valence-corrected chi connectivity index (χ3v) is 4.63. The molecule has 92 valence electrons. The number of halogens is 2. The SMILES string of the molecule is CC(CNCc1cc(Br)c(Br)o1)C(C)(C)C. The van der Waals surface area contributed by atoms with Gasteiger partial charge in [0, 0.05) is 0 Å². The largest absolute Gasteiger partial charge is 0.452 e. The van der Waals surface area contributed by atoms with Gasteiger partial charge in [-0.1, -0.05) is 27.7 Å². The van der Waals surface area contributed by atoms with Crippen LogP contribution < -0.4 is 5.32 Å². The quantitative estimate of drug-likeness (QED) is 0.858. The van der Waals surface area contributed by atoms with E-state index in [1.165, 1.54) is 0 Å². The molecule has 1 aromatic heterocycles. The molecule has 16 heavy (non-hydrogen) atoms. The van der Waals surface area contributed by atoms with Crippen molar-refractivity contribution < 1.29 is 4.42 Å². The van der Waals surface area contributed by atoms with Gasteiger partial charge >= 0.3 is 0 Å². The lowest BCUT2D eigenvalue weighted by atomic mass is 9.82. The Morgan fingerprint density at radius 3 is 2.44 bits per heavy atom. The van der Waals surface area contributed by atoms with Crippen LogP contribution in [0, 0.1) is 11.3 Å². The third kappa shape index (κ3) is 4.22. The summed E-state index contributed by atoms with van der Waals surface area (Å²) in [5.41, 5.74) is 0.345. The zero-order valence-corrected chi connectivity index (χ0v) is 13.4. The maximum Gasteiger partial charge on any atom is 0.183 e. The van der Waals surface area contributed by atoms with Crippen molar-refractivity contribution >= 4 is 31.9 Å². The smallest absolute Gasteiger partial charge is 0.183 e. The summed E-state index contributed by atoms with van der Waals surface area (Å²) in [7, 11) is 0. The predicted molar refractivity (Wildman–Crippen MR) is 74.4 cm³/mol. The number of hydrogen-bond acceptors (Lipinski definition) is 2. The van der Waals surface area contributed by atoms with E-state index >= 15 is 0 Å². The van der Waals surface area contributed by atoms with E-state index in [0.717, 1.165) is 28.0 Å². The molecule has 2 nitrogen and oxygen atoms in total. The average molecular weight is 353 g/mol. The minimum atomic E-state index is 0.345. The standard InChI is InChI=1S/C12H19Br2NO/c1-8(12(2,3)4)6-15-7-9-5-10(13)11(14)16-9/h5,8,15H,6-7H2,1-4H3. The zero-order valence-electron chi connectivity index (χ0n) is 10.2. The molecule has 0 radical (unpaired) electrons. The predicted octanol–water partition coefficient (Wildman–Crippen LogP) is 4.58. The molecule has 1 unspecified atom stereocenters. The lowest BCUT2D eigenvalue weighted by Crippen LogP contribution is -2.29. The molecular formula is C12H19Br2NO. The van der Waals surface area contributed by atoms with Gasteiger partial charge in [-0.3, -0.25) is 0 Å². The lowest BCUT2D eigenvalue weighted by Gasteiger charge is -2.27. The molecule has 0 bridgehead atoms. The molecule has 0 aliphatic carbocycles. The fourth-order valence-electron chi connectivity index (χ4n) is 1.20. The summed E-state index contributed by atoms with van der Waals surface area (Å²) >= 11 is 6.73. The molecule has 1 heterocycles. The van der Waals surface area contributed by atoms with Crippen LogP contribution in [0.4, 0.5) is 0 Å². The van der Waals surface area contributed by atoms with Crippen molar-refractivity contribution in [1.82, 2.24) is 5.32 Å². The first-order chi connectivity index (χ1) is 7.30. The third-order valence-electron chi connectivity index (χ3n) is 2.92. The van der Waals surface area contributed by atoms with Gasteiger partial charge in [0.25, 0.3) is 0 Å². The first-order valence-corrected chi connectivity index (χ1v) is 7.03. The molecule has 0 amide bonds. The van der Waals surface area contributed by atoms with Crippen LogP contribution in [0.5, 0.6) is 0 Å². The summed E-state index contributed by atoms with van der Waals surface area (Å²) < 4.78 is 7.21. The molecule has 0 aromatic carbocycles. The van der Waals surface area contributed by atoms with E-state index in [-0.39, 0.29) is 0 Å². The summed E-state index contributed by atoms with van der Waals surface area (Å²) in [6, 6.07) is 1.98. The molecule has 1 aromatic rings. The molecule has 0 spiro atoms. The van der Waals surface area contributed by atoms with Crippen molar-refractivity contribution in [1.29, 1.82) is 0 Å². The summed E-state index contributed by atoms with van der Waals surface area (Å²) in [4.78, 5) is 0. The monoisotopic (exact) mass is 351 g/mol.